The largest absolute Gasteiger partial charge is 0.491 e. The van der Waals surface area contributed by atoms with Gasteiger partial charge in [-0.25, -0.2) is 14.2 Å². The number of imidazole rings is 1. The summed E-state index contributed by atoms with van der Waals surface area (Å²) in [7, 11) is 0. The Bertz CT molecular complexity index is 1400. The molecule has 0 aliphatic carbocycles. The topological polar surface area (TPSA) is 108 Å². The summed E-state index contributed by atoms with van der Waals surface area (Å²) >= 11 is 0. The molecule has 1 aromatic heterocycles. The zero-order valence-electron chi connectivity index (χ0n) is 21.6. The maximum atomic E-state index is 13.6. The van der Waals surface area contributed by atoms with E-state index in [0.29, 0.717) is 17.1 Å². The predicted octanol–water partition coefficient (Wildman–Crippen LogP) is 4.98. The number of rotatable bonds is 8. The summed E-state index contributed by atoms with van der Waals surface area (Å²) in [5.41, 5.74) is 3.94. The second-order valence-electron chi connectivity index (χ2n) is 8.72. The maximum Gasteiger partial charge on any atom is 0.325 e. The molecule has 2 heterocycles. The summed E-state index contributed by atoms with van der Waals surface area (Å²) in [6.45, 7) is 6.02. The molecule has 0 spiro atoms. The molecule has 5 rings (SSSR count). The molecule has 0 saturated carbocycles. The van der Waals surface area contributed by atoms with E-state index in [1.807, 2.05) is 39.0 Å². The molecule has 1 aliphatic heterocycles. The van der Waals surface area contributed by atoms with Gasteiger partial charge in [0.15, 0.2) is 0 Å². The van der Waals surface area contributed by atoms with Crippen LogP contribution in [-0.2, 0) is 11.2 Å². The molecule has 0 radical (unpaired) electrons. The third-order valence-corrected chi connectivity index (χ3v) is 6.17. The Morgan fingerprint density at radius 1 is 1.05 bits per heavy atom. The predicted molar refractivity (Wildman–Crippen MR) is 142 cm³/mol. The average molecular weight is 519 g/mol. The Morgan fingerprint density at radius 3 is 2.45 bits per heavy atom. The first-order chi connectivity index (χ1) is 18.4. The highest BCUT2D eigenvalue weighted by molar-refractivity contribution is 6.05. The first kappa shape index (κ1) is 26.8. The first-order valence-corrected chi connectivity index (χ1v) is 12.6. The second kappa shape index (κ2) is 11.9. The number of H-pyrrole nitrogens is 1. The smallest absolute Gasteiger partial charge is 0.325 e. The fourth-order valence-electron chi connectivity index (χ4n) is 4.39. The number of carbonyl (C=O) groups excluding carboxylic acids is 2. The number of benzene rings is 3. The van der Waals surface area contributed by atoms with Crippen LogP contribution < -0.4 is 10.1 Å². The van der Waals surface area contributed by atoms with Crippen LogP contribution in [0.1, 0.15) is 48.4 Å². The Balaban J connectivity index is 0.00000164. The van der Waals surface area contributed by atoms with Gasteiger partial charge in [-0.3, -0.25) is 9.69 Å². The van der Waals surface area contributed by atoms with Crippen molar-refractivity contribution < 1.29 is 23.8 Å². The van der Waals surface area contributed by atoms with Gasteiger partial charge in [-0.15, -0.1) is 0 Å². The number of hydrogen-bond donors (Lipinski definition) is 3. The van der Waals surface area contributed by atoms with Gasteiger partial charge in [0.2, 0.25) is 0 Å². The van der Waals surface area contributed by atoms with Crippen molar-refractivity contribution in [3.63, 3.8) is 0 Å². The van der Waals surface area contributed by atoms with Gasteiger partial charge in [-0.1, -0.05) is 44.2 Å². The van der Waals surface area contributed by atoms with Crippen LogP contribution in [0, 0.1) is 12.7 Å². The van der Waals surface area contributed by atoms with Crippen molar-refractivity contribution in [2.75, 3.05) is 13.2 Å². The Kier molecular flexibility index (Phi) is 8.38. The maximum absolute atomic E-state index is 13.6. The summed E-state index contributed by atoms with van der Waals surface area (Å²) in [6, 6.07) is 16.4. The summed E-state index contributed by atoms with van der Waals surface area (Å²) in [4.78, 5) is 35.9. The Morgan fingerprint density at radius 2 is 1.76 bits per heavy atom. The van der Waals surface area contributed by atoms with Gasteiger partial charge in [0.25, 0.3) is 5.91 Å². The lowest BCUT2D eigenvalue weighted by molar-refractivity contribution is -0.129. The number of hydrogen-bond acceptors (Lipinski definition) is 5. The van der Waals surface area contributed by atoms with Gasteiger partial charge in [-0.05, 0) is 60.0 Å². The highest BCUT2D eigenvalue weighted by atomic mass is 19.1. The number of carbonyl (C=O) groups is 2. The van der Waals surface area contributed by atoms with Crippen LogP contribution in [0.3, 0.4) is 0 Å². The number of aromatic nitrogens is 2. The Labute approximate surface area is 220 Å². The molecule has 1 saturated heterocycles. The molecule has 38 heavy (non-hydrogen) atoms. The number of nitrogens with one attached hydrogen (secondary N) is 2. The monoisotopic (exact) mass is 518 g/mol. The first-order valence-electron chi connectivity index (χ1n) is 12.6. The molecule has 3 N–H and O–H groups in total. The van der Waals surface area contributed by atoms with Crippen LogP contribution in [0.4, 0.5) is 9.18 Å². The molecule has 4 aromatic rings. The van der Waals surface area contributed by atoms with E-state index in [0.717, 1.165) is 22.2 Å². The van der Waals surface area contributed by atoms with E-state index in [9.17, 15) is 14.0 Å². The fraction of sp³-hybridized carbons (Fsp3) is 0.276. The number of aliphatic hydroxyl groups is 1. The van der Waals surface area contributed by atoms with Gasteiger partial charge in [0.05, 0.1) is 17.6 Å². The van der Waals surface area contributed by atoms with E-state index in [-0.39, 0.29) is 25.5 Å². The van der Waals surface area contributed by atoms with Crippen molar-refractivity contribution in [2.24, 2.45) is 0 Å². The molecule has 0 bridgehead atoms. The molecule has 9 heteroatoms. The molecule has 1 aliphatic rings. The molecule has 2 atom stereocenters. The summed E-state index contributed by atoms with van der Waals surface area (Å²) in [5, 5.41) is 11.7. The summed E-state index contributed by atoms with van der Waals surface area (Å²) in [6.07, 6.45) is 0.263. The number of nitrogens with zero attached hydrogens (tertiary/aromatic N) is 2. The van der Waals surface area contributed by atoms with Crippen LogP contribution in [0.2, 0.25) is 0 Å². The van der Waals surface area contributed by atoms with Crippen molar-refractivity contribution in [3.05, 3.63) is 95.1 Å². The molecule has 8 nitrogen and oxygen atoms in total. The van der Waals surface area contributed by atoms with Crippen LogP contribution >= 0.6 is 0 Å². The number of aliphatic hydroxyl groups excluding tert-OH is 1. The van der Waals surface area contributed by atoms with Crippen molar-refractivity contribution in [1.29, 1.82) is 0 Å². The number of aromatic amines is 1. The SMILES string of the molecule is CC.Cc1ccc2nc(C(Cc3ccc(F)cc3)N3C(=O)N[C@H](c4ccc(OCCO)cc4)C3=O)[nH]c2c1. The van der Waals surface area contributed by atoms with Gasteiger partial charge in [0.1, 0.15) is 36.1 Å². The van der Waals surface area contributed by atoms with Crippen LogP contribution in [0.15, 0.2) is 66.7 Å². The third kappa shape index (κ3) is 5.68. The lowest BCUT2D eigenvalue weighted by Gasteiger charge is -2.24. The minimum Gasteiger partial charge on any atom is -0.491 e. The Hall–Kier alpha value is -4.24. The van der Waals surface area contributed by atoms with Gasteiger partial charge >= 0.3 is 6.03 Å². The summed E-state index contributed by atoms with van der Waals surface area (Å²) < 4.78 is 18.9. The van der Waals surface area contributed by atoms with E-state index >= 15 is 0 Å². The summed E-state index contributed by atoms with van der Waals surface area (Å²) in [5.74, 6) is 0.244. The second-order valence-corrected chi connectivity index (χ2v) is 8.72. The highest BCUT2D eigenvalue weighted by Crippen LogP contribution is 2.33. The number of halogens is 1. The zero-order chi connectivity index (χ0) is 27.2. The van der Waals surface area contributed by atoms with Crippen molar-refractivity contribution in [3.8, 4) is 5.75 Å². The average Bonchev–Trinajstić information content (AvgIpc) is 3.48. The number of urea groups is 1. The van der Waals surface area contributed by atoms with Crippen LogP contribution in [-0.4, -0.2) is 45.1 Å². The van der Waals surface area contributed by atoms with Crippen LogP contribution in [0.5, 0.6) is 5.75 Å². The molecule has 1 fully saturated rings. The van der Waals surface area contributed by atoms with E-state index in [1.165, 1.54) is 17.0 Å². The van der Waals surface area contributed by atoms with E-state index < -0.39 is 24.0 Å². The fourth-order valence-corrected chi connectivity index (χ4v) is 4.39. The zero-order valence-corrected chi connectivity index (χ0v) is 21.6. The molecule has 198 valence electrons. The number of ether oxygens (including phenoxy) is 1. The molecule has 1 unspecified atom stereocenters. The molecular formula is C29H31FN4O4. The highest BCUT2D eigenvalue weighted by Gasteiger charge is 2.44. The van der Waals surface area contributed by atoms with E-state index in [1.54, 1.807) is 36.4 Å². The van der Waals surface area contributed by atoms with Gasteiger partial charge in [0, 0.05) is 6.42 Å². The van der Waals surface area contributed by atoms with Crippen molar-refractivity contribution >= 4 is 23.0 Å². The standard InChI is InChI=1S/C27H25FN4O4.C2H6/c1-16-2-11-21-22(14-16)30-25(29-21)23(15-17-3-7-19(28)8-4-17)32-26(34)24(31-27(32)35)18-5-9-20(10-6-18)36-13-12-33;1-2/h2-11,14,23-24,33H,12-13,15H2,1H3,(H,29,30)(H,31,35);1-2H3/t23?,24-;/m1./s1. The van der Waals surface area contributed by atoms with Crippen molar-refractivity contribution in [2.45, 2.75) is 39.3 Å². The minimum absolute atomic E-state index is 0.106. The van der Waals surface area contributed by atoms with Crippen molar-refractivity contribution in [1.82, 2.24) is 20.2 Å². The van der Waals surface area contributed by atoms with Gasteiger partial charge < -0.3 is 20.1 Å². The molecule has 3 amide bonds. The third-order valence-electron chi connectivity index (χ3n) is 6.17. The minimum atomic E-state index is -0.869. The number of amides is 3. The van der Waals surface area contributed by atoms with Gasteiger partial charge in [-0.2, -0.15) is 0 Å². The molecule has 3 aromatic carbocycles. The normalized spacial score (nSPS) is 15.7. The number of imide groups is 1. The number of aryl methyl sites for hydroxylation is 1. The lowest BCUT2D eigenvalue weighted by Crippen LogP contribution is -2.36. The quantitative estimate of drug-likeness (QED) is 0.285. The molecular weight excluding hydrogens is 487 g/mol. The van der Waals surface area contributed by atoms with E-state index in [4.69, 9.17) is 9.84 Å². The number of fused-ring (bicyclic) bond motifs is 1. The van der Waals surface area contributed by atoms with Crippen LogP contribution in [0.25, 0.3) is 11.0 Å². The lowest BCUT2D eigenvalue weighted by atomic mass is 10.0. The van der Waals surface area contributed by atoms with E-state index in [2.05, 4.69) is 15.3 Å².